The first-order valence-electron chi connectivity index (χ1n) is 9.98. The number of oxime groups is 1. The Labute approximate surface area is 184 Å². The first-order valence-corrected chi connectivity index (χ1v) is 10.4. The van der Waals surface area contributed by atoms with Crippen LogP contribution in [0.15, 0.2) is 60.0 Å². The lowest BCUT2D eigenvalue weighted by Crippen LogP contribution is -2.13. The normalized spacial score (nSPS) is 14.9. The van der Waals surface area contributed by atoms with E-state index >= 15 is 0 Å². The summed E-state index contributed by atoms with van der Waals surface area (Å²) in [5.74, 6) is 1.15. The molecule has 1 fully saturated rings. The molecule has 2 heterocycles. The summed E-state index contributed by atoms with van der Waals surface area (Å²) in [4.78, 5) is 13.8. The van der Waals surface area contributed by atoms with Gasteiger partial charge in [0.25, 0.3) is 0 Å². The van der Waals surface area contributed by atoms with Crippen LogP contribution in [0.1, 0.15) is 30.9 Å². The van der Waals surface area contributed by atoms with Crippen LogP contribution < -0.4 is 4.74 Å². The van der Waals surface area contributed by atoms with Crippen molar-refractivity contribution in [3.05, 3.63) is 71.0 Å². The Bertz CT molecular complexity index is 1280. The van der Waals surface area contributed by atoms with Gasteiger partial charge in [0.2, 0.25) is 5.88 Å². The Kier molecular flexibility index (Phi) is 4.82. The quantitative estimate of drug-likeness (QED) is 0.264. The molecule has 0 saturated heterocycles. The molecule has 5 rings (SSSR count). The van der Waals surface area contributed by atoms with E-state index in [0.717, 1.165) is 24.0 Å². The molecule has 1 saturated carbocycles. The molecular weight excluding hydrogens is 414 g/mol. The van der Waals surface area contributed by atoms with Crippen molar-refractivity contribution in [2.75, 3.05) is 0 Å². The molecule has 0 spiro atoms. The van der Waals surface area contributed by atoms with Gasteiger partial charge < -0.3 is 14.5 Å². The van der Waals surface area contributed by atoms with Gasteiger partial charge in [-0.2, -0.15) is 4.98 Å². The van der Waals surface area contributed by atoms with E-state index in [-0.39, 0.29) is 5.60 Å². The van der Waals surface area contributed by atoms with Gasteiger partial charge in [-0.25, -0.2) is 9.97 Å². The second-order valence-electron chi connectivity index (χ2n) is 7.89. The van der Waals surface area contributed by atoms with E-state index in [1.807, 2.05) is 34.9 Å². The van der Waals surface area contributed by atoms with Crippen molar-refractivity contribution < 1.29 is 9.94 Å². The first-order chi connectivity index (χ1) is 15.1. The van der Waals surface area contributed by atoms with Gasteiger partial charge in [-0.15, -0.1) is 0 Å². The molecular formula is C23H20ClN5O2. The van der Waals surface area contributed by atoms with Gasteiger partial charge in [0.1, 0.15) is 17.8 Å². The van der Waals surface area contributed by atoms with Gasteiger partial charge in [0.15, 0.2) is 11.2 Å². The minimum Gasteiger partial charge on any atom is -0.470 e. The zero-order valence-electron chi connectivity index (χ0n) is 16.9. The van der Waals surface area contributed by atoms with Crippen LogP contribution in [0.4, 0.5) is 0 Å². The molecule has 0 atom stereocenters. The smallest absolute Gasteiger partial charge is 0.245 e. The molecule has 1 aliphatic rings. The number of hydrogen-bond acceptors (Lipinski definition) is 6. The molecule has 8 heteroatoms. The van der Waals surface area contributed by atoms with Gasteiger partial charge in [-0.1, -0.05) is 53.2 Å². The van der Waals surface area contributed by atoms with E-state index in [9.17, 15) is 0 Å². The van der Waals surface area contributed by atoms with Gasteiger partial charge >= 0.3 is 0 Å². The third-order valence-electron chi connectivity index (χ3n) is 5.42. The number of benzene rings is 2. The summed E-state index contributed by atoms with van der Waals surface area (Å²) < 4.78 is 8.18. The second-order valence-corrected chi connectivity index (χ2v) is 8.30. The lowest BCUT2D eigenvalue weighted by Gasteiger charge is -2.12. The molecule has 2 aromatic carbocycles. The van der Waals surface area contributed by atoms with Crippen molar-refractivity contribution in [1.29, 1.82) is 0 Å². The third kappa shape index (κ3) is 3.84. The summed E-state index contributed by atoms with van der Waals surface area (Å²) in [7, 11) is 0. The van der Waals surface area contributed by atoms with Crippen molar-refractivity contribution in [3.63, 3.8) is 0 Å². The van der Waals surface area contributed by atoms with E-state index in [0.29, 0.717) is 40.0 Å². The highest BCUT2D eigenvalue weighted by atomic mass is 35.5. The van der Waals surface area contributed by atoms with Gasteiger partial charge in [0.05, 0.1) is 17.8 Å². The summed E-state index contributed by atoms with van der Waals surface area (Å²) in [6.07, 6.45) is 4.83. The lowest BCUT2D eigenvalue weighted by molar-refractivity contribution is 0.194. The Morgan fingerprint density at radius 1 is 1.19 bits per heavy atom. The van der Waals surface area contributed by atoms with Crippen LogP contribution in [-0.4, -0.2) is 36.5 Å². The zero-order chi connectivity index (χ0) is 21.4. The fourth-order valence-corrected chi connectivity index (χ4v) is 3.76. The molecule has 1 N–H and O–H groups in total. The lowest BCUT2D eigenvalue weighted by atomic mass is 10.1. The van der Waals surface area contributed by atoms with E-state index < -0.39 is 0 Å². The maximum absolute atomic E-state index is 8.81. The average molecular weight is 434 g/mol. The van der Waals surface area contributed by atoms with Crippen LogP contribution in [0.2, 0.25) is 5.02 Å². The van der Waals surface area contributed by atoms with E-state index in [1.54, 1.807) is 6.07 Å². The predicted molar refractivity (Wildman–Crippen MR) is 119 cm³/mol. The number of ether oxygens (including phenoxy) is 1. The van der Waals surface area contributed by atoms with Crippen molar-refractivity contribution in [1.82, 2.24) is 19.5 Å². The van der Waals surface area contributed by atoms with Gasteiger partial charge in [0, 0.05) is 5.56 Å². The molecule has 156 valence electrons. The number of fused-ring (bicyclic) bond motifs is 1. The Balaban J connectivity index is 1.68. The van der Waals surface area contributed by atoms with Crippen molar-refractivity contribution in [3.8, 4) is 17.3 Å². The standard InChI is InChI=1S/C23H20ClN5O2/c1-23(9-10-23)31-22-19-21(25-14-26-22)29(13-15-5-3-2-4-6-15)20(28-19)17-8-7-16(12-27-30)11-18(17)24/h2-8,11-12,14,30H,9-10,13H2,1H3/b27-12+. The van der Waals surface area contributed by atoms with Crippen LogP contribution in [0.3, 0.4) is 0 Å². The summed E-state index contributed by atoms with van der Waals surface area (Å²) in [5.41, 5.74) is 3.65. The van der Waals surface area contributed by atoms with E-state index in [4.69, 9.17) is 26.5 Å². The van der Waals surface area contributed by atoms with E-state index in [1.165, 1.54) is 12.5 Å². The first kappa shape index (κ1) is 19.5. The Morgan fingerprint density at radius 2 is 2.00 bits per heavy atom. The van der Waals surface area contributed by atoms with Crippen LogP contribution in [0.25, 0.3) is 22.6 Å². The fraction of sp³-hybridized carbons (Fsp3) is 0.217. The number of nitrogens with zero attached hydrogens (tertiary/aromatic N) is 5. The van der Waals surface area contributed by atoms with E-state index in [2.05, 4.69) is 34.2 Å². The molecule has 0 radical (unpaired) electrons. The molecule has 7 nitrogen and oxygen atoms in total. The highest BCUT2D eigenvalue weighted by molar-refractivity contribution is 6.33. The molecule has 31 heavy (non-hydrogen) atoms. The number of halogens is 1. The summed E-state index contributed by atoms with van der Waals surface area (Å²) in [6, 6.07) is 15.5. The molecule has 1 aliphatic carbocycles. The molecule has 2 aromatic heterocycles. The largest absolute Gasteiger partial charge is 0.470 e. The SMILES string of the molecule is CC1(Oc2ncnc3c2nc(-c2ccc(/C=N/O)cc2Cl)n3Cc2ccccc2)CC1. The highest BCUT2D eigenvalue weighted by Crippen LogP contribution is 2.41. The maximum Gasteiger partial charge on any atom is 0.245 e. The molecule has 0 unspecified atom stereocenters. The van der Waals surface area contributed by atoms with Crippen molar-refractivity contribution in [2.24, 2.45) is 5.16 Å². The topological polar surface area (TPSA) is 85.4 Å². The number of hydrogen-bond donors (Lipinski definition) is 1. The van der Waals surface area contributed by atoms with Gasteiger partial charge in [-0.05, 0) is 43.0 Å². The molecule has 0 amide bonds. The number of aromatic nitrogens is 4. The molecule has 4 aromatic rings. The second kappa shape index (κ2) is 7.67. The van der Waals surface area contributed by atoms with Crippen molar-refractivity contribution in [2.45, 2.75) is 31.9 Å². The minimum atomic E-state index is -0.187. The number of imidazole rings is 1. The summed E-state index contributed by atoms with van der Waals surface area (Å²) >= 11 is 6.59. The van der Waals surface area contributed by atoms with Crippen LogP contribution in [-0.2, 0) is 6.54 Å². The zero-order valence-corrected chi connectivity index (χ0v) is 17.6. The van der Waals surface area contributed by atoms with Crippen LogP contribution >= 0.6 is 11.6 Å². The minimum absolute atomic E-state index is 0.187. The summed E-state index contributed by atoms with van der Waals surface area (Å²) in [5, 5.41) is 12.4. The van der Waals surface area contributed by atoms with Gasteiger partial charge in [-0.3, -0.25) is 0 Å². The fourth-order valence-electron chi connectivity index (χ4n) is 3.48. The average Bonchev–Trinajstić information content (AvgIpc) is 3.38. The van der Waals surface area contributed by atoms with Crippen molar-refractivity contribution >= 4 is 29.0 Å². The predicted octanol–water partition coefficient (Wildman–Crippen LogP) is 4.93. The maximum atomic E-state index is 8.81. The Morgan fingerprint density at radius 3 is 2.71 bits per heavy atom. The highest BCUT2D eigenvalue weighted by Gasteiger charge is 2.41. The monoisotopic (exact) mass is 433 g/mol. The number of rotatable bonds is 6. The molecule has 0 bridgehead atoms. The Hall–Kier alpha value is -3.45. The summed E-state index contributed by atoms with van der Waals surface area (Å²) in [6.45, 7) is 2.64. The van der Waals surface area contributed by atoms with Crippen LogP contribution in [0.5, 0.6) is 5.88 Å². The third-order valence-corrected chi connectivity index (χ3v) is 5.73. The molecule has 0 aliphatic heterocycles. The van der Waals surface area contributed by atoms with Crippen LogP contribution in [0, 0.1) is 0 Å².